The highest BCUT2D eigenvalue weighted by atomic mass is 16.5. The minimum atomic E-state index is -0.880. The second-order valence-electron chi connectivity index (χ2n) is 25.0. The predicted octanol–water partition coefficient (Wildman–Crippen LogP) is 10.7. The van der Waals surface area contributed by atoms with Crippen molar-refractivity contribution in [2.45, 2.75) is 13.8 Å². The van der Waals surface area contributed by atoms with Crippen LogP contribution in [0.5, 0.6) is 11.5 Å². The number of amides is 4. The first-order valence-electron chi connectivity index (χ1n) is 32.5. The Morgan fingerprint density at radius 2 is 0.853 bits per heavy atom. The molecular weight excluding hydrogens is 1280 g/mol. The van der Waals surface area contributed by atoms with Crippen molar-refractivity contribution in [3.8, 4) is 40.1 Å². The highest BCUT2D eigenvalue weighted by Gasteiger charge is 2.40. The average Bonchev–Trinajstić information content (AvgIpc) is 1.52. The SMILES string of the molecule is [C-]#[N+]/C(c1nc2cc(C)ccc2o1)=c1\c2c(-c3cccc(OC(=O)c4ccc5c(c4)C(=O)N(C)C5=O)c3)n(B(c3ccccc3)c3ccccc3)/c(=C(/C#N)c3nc4cc(C)ccc4o3)c2c(-c2cccc(OC(=O)c3ccc4c(c3)C(=O)N(C)C4=O)c2)n1B(c1ccccc1)c1ccccc1. The maximum absolute atomic E-state index is 14.7. The number of aromatic nitrogens is 4. The first-order chi connectivity index (χ1) is 49.6. The molecule has 0 bridgehead atoms. The summed E-state index contributed by atoms with van der Waals surface area (Å²) in [6.45, 7) is 11.9. The van der Waals surface area contributed by atoms with Crippen LogP contribution in [0.3, 0.4) is 0 Å². The molecule has 4 amide bonds. The molecule has 14 aromatic rings. The molecule has 6 heterocycles. The number of benzene rings is 10. The molecule has 10 aromatic carbocycles. The molecule has 0 atom stereocenters. The summed E-state index contributed by atoms with van der Waals surface area (Å²) in [5, 5.41) is 13.8. The Bertz CT molecular complexity index is 5700. The summed E-state index contributed by atoms with van der Waals surface area (Å²) in [6.07, 6.45) is 0. The van der Waals surface area contributed by atoms with E-state index in [1.165, 1.54) is 50.5 Å². The number of carbonyl (C=O) groups excluding carboxylic acids is 6. The van der Waals surface area contributed by atoms with Crippen LogP contribution in [0.15, 0.2) is 251 Å². The molecule has 16 rings (SSSR count). The lowest BCUT2D eigenvalue weighted by molar-refractivity contribution is 0.0677. The van der Waals surface area contributed by atoms with E-state index in [4.69, 9.17) is 28.3 Å². The van der Waals surface area contributed by atoms with Crippen molar-refractivity contribution in [3.63, 3.8) is 0 Å². The number of aryl methyl sites for hydroxylation is 2. The number of nitriles is 1. The number of imide groups is 2. The zero-order valence-electron chi connectivity index (χ0n) is 54.9. The van der Waals surface area contributed by atoms with Gasteiger partial charge in [-0.15, -0.1) is 0 Å². The van der Waals surface area contributed by atoms with Gasteiger partial charge in [-0.05, 0) is 110 Å². The van der Waals surface area contributed by atoms with Gasteiger partial charge < -0.3 is 27.3 Å². The van der Waals surface area contributed by atoms with E-state index in [9.17, 15) is 40.6 Å². The second kappa shape index (κ2) is 25.2. The number of oxazole rings is 2. The summed E-state index contributed by atoms with van der Waals surface area (Å²) in [7, 11) is 2.75. The summed E-state index contributed by atoms with van der Waals surface area (Å²) in [6, 6.07) is 74.8. The molecule has 0 saturated heterocycles. The number of rotatable bonds is 14. The number of fused-ring (bicyclic) bond motifs is 5. The van der Waals surface area contributed by atoms with Gasteiger partial charge in [0.15, 0.2) is 11.2 Å². The number of esters is 2. The lowest BCUT2D eigenvalue weighted by Crippen LogP contribution is -2.54. The summed E-state index contributed by atoms with van der Waals surface area (Å²) in [5.41, 5.74) is 8.34. The fraction of sp³-hybridized carbons (Fsp3) is 0.0488. The van der Waals surface area contributed by atoms with Gasteiger partial charge in [-0.2, -0.15) is 5.26 Å². The van der Waals surface area contributed by atoms with E-state index in [1.54, 1.807) is 48.5 Å². The van der Waals surface area contributed by atoms with Crippen molar-refractivity contribution in [2.24, 2.45) is 0 Å². The number of hydrogen-bond donors (Lipinski definition) is 0. The number of hydrogen-bond acceptors (Lipinski definition) is 13. The van der Waals surface area contributed by atoms with E-state index in [1.807, 2.05) is 181 Å². The molecule has 0 saturated carbocycles. The minimum absolute atomic E-state index is 0.0000263. The highest BCUT2D eigenvalue weighted by Crippen LogP contribution is 2.40. The number of carbonyl (C=O) groups is 6. The van der Waals surface area contributed by atoms with E-state index in [2.05, 4.69) is 10.9 Å². The molecule has 20 heteroatoms. The van der Waals surface area contributed by atoms with Crippen LogP contribution in [0.25, 0.3) is 71.6 Å². The normalized spacial score (nSPS) is 13.1. The Morgan fingerprint density at radius 3 is 1.27 bits per heavy atom. The molecule has 0 fully saturated rings. The maximum atomic E-state index is 14.7. The summed E-state index contributed by atoms with van der Waals surface area (Å²) in [4.78, 5) is 99.0. The molecule has 2 aliphatic heterocycles. The zero-order valence-corrected chi connectivity index (χ0v) is 54.9. The monoisotopic (exact) mass is 1330 g/mol. The van der Waals surface area contributed by atoms with Gasteiger partial charge in [0.2, 0.25) is 11.8 Å². The third kappa shape index (κ3) is 10.6. The van der Waals surface area contributed by atoms with Gasteiger partial charge in [0, 0.05) is 47.4 Å². The van der Waals surface area contributed by atoms with Gasteiger partial charge in [0.1, 0.15) is 34.2 Å². The van der Waals surface area contributed by atoms with Crippen LogP contribution >= 0.6 is 0 Å². The molecule has 2 aliphatic rings. The van der Waals surface area contributed by atoms with Crippen LogP contribution in [0, 0.1) is 31.8 Å². The lowest BCUT2D eigenvalue weighted by Gasteiger charge is -2.24. The Kier molecular flexibility index (Phi) is 15.5. The smallest absolute Gasteiger partial charge is 0.343 e. The van der Waals surface area contributed by atoms with E-state index in [0.29, 0.717) is 55.5 Å². The van der Waals surface area contributed by atoms with Crippen molar-refractivity contribution < 1.29 is 47.1 Å². The average molecular weight is 1330 g/mol. The lowest BCUT2D eigenvalue weighted by atomic mass is 9.50. The summed E-state index contributed by atoms with van der Waals surface area (Å²) in [5.74, 6) is -3.82. The molecule has 486 valence electrons. The summed E-state index contributed by atoms with van der Waals surface area (Å²) < 4.78 is 30.5. The largest absolute Gasteiger partial charge is 0.447 e. The Hall–Kier alpha value is -14.0. The second-order valence-corrected chi connectivity index (χ2v) is 25.0. The Labute approximate surface area is 582 Å². The number of nitrogens with zero attached hydrogens (tertiary/aromatic N) is 8. The molecule has 0 spiro atoms. The van der Waals surface area contributed by atoms with Gasteiger partial charge in [0.05, 0.1) is 50.7 Å². The summed E-state index contributed by atoms with van der Waals surface area (Å²) >= 11 is 0. The van der Waals surface area contributed by atoms with Crippen LogP contribution in [-0.4, -0.2) is 92.1 Å². The van der Waals surface area contributed by atoms with E-state index >= 15 is 0 Å². The Morgan fingerprint density at radius 1 is 0.461 bits per heavy atom. The third-order valence-electron chi connectivity index (χ3n) is 18.6. The topological polar surface area (TPSA) is 217 Å². The first kappa shape index (κ1) is 62.8. The van der Waals surface area contributed by atoms with Crippen molar-refractivity contribution in [1.29, 1.82) is 5.26 Å². The molecule has 4 aromatic heterocycles. The van der Waals surface area contributed by atoms with Gasteiger partial charge in [-0.25, -0.2) is 24.4 Å². The van der Waals surface area contributed by atoms with Crippen LogP contribution in [0.2, 0.25) is 0 Å². The maximum Gasteiger partial charge on any atom is 0.343 e. The molecule has 102 heavy (non-hydrogen) atoms. The highest BCUT2D eigenvalue weighted by molar-refractivity contribution is 6.85. The Balaban J connectivity index is 1.11. The van der Waals surface area contributed by atoms with Gasteiger partial charge in [0.25, 0.3) is 29.3 Å². The van der Waals surface area contributed by atoms with Crippen molar-refractivity contribution in [3.05, 3.63) is 321 Å². The molecule has 0 unspecified atom stereocenters. The van der Waals surface area contributed by atoms with Crippen LogP contribution in [-0.2, 0) is 0 Å². The van der Waals surface area contributed by atoms with Crippen molar-refractivity contribution >= 4 is 115 Å². The zero-order chi connectivity index (χ0) is 70.2. The number of ether oxygens (including phenoxy) is 2. The molecule has 0 aliphatic carbocycles. The van der Waals surface area contributed by atoms with Crippen LogP contribution < -0.4 is 42.0 Å². The fourth-order valence-corrected chi connectivity index (χ4v) is 13.9. The molecule has 18 nitrogen and oxygen atoms in total. The fourth-order valence-electron chi connectivity index (χ4n) is 13.9. The molecular formula is C82H52B2N8O10. The van der Waals surface area contributed by atoms with Gasteiger partial charge in [-0.1, -0.05) is 180 Å². The standard InChI is InChI=1S/C82H52B2N8O10/c1-47-32-38-66-64(40-47)87-75(101-66)63(46-85)73-68-69(72(91(73)83(53-22-10-6-11-23-53)54-24-12-7-13-25-54)50-21-19-31-58(43-50)100-82(98)52-35-37-60-62(45-52)80(96)90(5)78(60)94)74(70(86-3)76-88-65-41-48(2)33-39-67(65)102-76)92(84(55-26-14-8-15-27-55)56-28-16-9-17-29-56)71(68)49-20-18-30-57(42-49)99-81(97)51-34-36-59-61(44-51)79(95)89(4)77(59)93/h6-45H,1-2,4-5H3/b73-63-,74-70+. The minimum Gasteiger partial charge on any atom is -0.447 e. The first-order valence-corrected chi connectivity index (χ1v) is 32.5. The predicted molar refractivity (Wildman–Crippen MR) is 387 cm³/mol. The molecule has 0 N–H and O–H groups in total. The van der Waals surface area contributed by atoms with Gasteiger partial charge >= 0.3 is 25.6 Å². The van der Waals surface area contributed by atoms with E-state index < -0.39 is 49.3 Å². The van der Waals surface area contributed by atoms with E-state index in [0.717, 1.165) is 42.8 Å². The van der Waals surface area contributed by atoms with Crippen molar-refractivity contribution in [2.75, 3.05) is 14.1 Å². The quantitative estimate of drug-likeness (QED) is 0.0326. The third-order valence-corrected chi connectivity index (χ3v) is 18.6. The molecule has 0 radical (unpaired) electrons. The van der Waals surface area contributed by atoms with E-state index in [-0.39, 0.29) is 78.6 Å². The van der Waals surface area contributed by atoms with Crippen molar-refractivity contribution in [1.82, 2.24) is 28.7 Å². The van der Waals surface area contributed by atoms with Crippen LogP contribution in [0.1, 0.15) is 85.1 Å². The van der Waals surface area contributed by atoms with Crippen LogP contribution in [0.4, 0.5) is 0 Å². The van der Waals surface area contributed by atoms with Gasteiger partial charge in [-0.3, -0.25) is 29.0 Å².